The molecule has 1 aromatic rings. The third-order valence-corrected chi connectivity index (χ3v) is 5.23. The molecule has 2 amide bonds. The van der Waals surface area contributed by atoms with Crippen molar-refractivity contribution < 1.29 is 14.3 Å². The lowest BCUT2D eigenvalue weighted by molar-refractivity contribution is 0.0678. The van der Waals surface area contributed by atoms with E-state index in [9.17, 15) is 9.59 Å². The lowest BCUT2D eigenvalue weighted by Gasteiger charge is -2.13. The predicted molar refractivity (Wildman–Crippen MR) is 86.0 cm³/mol. The van der Waals surface area contributed by atoms with Crippen molar-refractivity contribution in [2.45, 2.75) is 44.0 Å². The number of ether oxygens (including phenoxy) is 1. The van der Waals surface area contributed by atoms with Crippen LogP contribution in [0.5, 0.6) is 0 Å². The van der Waals surface area contributed by atoms with Gasteiger partial charge in [0.05, 0.1) is 13.2 Å². The van der Waals surface area contributed by atoms with Gasteiger partial charge in [-0.1, -0.05) is 13.3 Å². The van der Waals surface area contributed by atoms with Gasteiger partial charge in [-0.3, -0.25) is 4.79 Å². The Hall–Kier alpha value is -1.49. The van der Waals surface area contributed by atoms with Gasteiger partial charge in [0.25, 0.3) is 5.91 Å². The lowest BCUT2D eigenvalue weighted by atomic mass is 10.1. The molecule has 2 aliphatic rings. The van der Waals surface area contributed by atoms with Gasteiger partial charge in [-0.25, -0.2) is 9.69 Å². The van der Waals surface area contributed by atoms with Gasteiger partial charge in [0.1, 0.15) is 0 Å². The van der Waals surface area contributed by atoms with Gasteiger partial charge in [0.15, 0.2) is 0 Å². The number of rotatable bonds is 6. The first-order valence-corrected chi connectivity index (χ1v) is 8.92. The van der Waals surface area contributed by atoms with Crippen LogP contribution in [-0.2, 0) is 11.3 Å². The molecule has 4 nitrogen and oxygen atoms in total. The third kappa shape index (κ3) is 3.46. The Morgan fingerprint density at radius 3 is 2.95 bits per heavy atom. The van der Waals surface area contributed by atoms with E-state index in [0.717, 1.165) is 30.1 Å². The highest BCUT2D eigenvalue weighted by atomic mass is 32.2. The summed E-state index contributed by atoms with van der Waals surface area (Å²) in [5, 5.41) is 0. The fourth-order valence-electron chi connectivity index (χ4n) is 2.41. The molecule has 0 radical (unpaired) electrons. The summed E-state index contributed by atoms with van der Waals surface area (Å²) < 4.78 is 5.15. The molecule has 0 N–H and O–H groups in total. The second-order valence-corrected chi connectivity index (χ2v) is 7.03. The summed E-state index contributed by atoms with van der Waals surface area (Å²) in [5.41, 5.74) is 1.56. The van der Waals surface area contributed by atoms with Crippen LogP contribution in [-0.4, -0.2) is 29.3 Å². The summed E-state index contributed by atoms with van der Waals surface area (Å²) in [7, 11) is 0. The largest absolute Gasteiger partial charge is 0.449 e. The van der Waals surface area contributed by atoms with Gasteiger partial charge in [-0.05, 0) is 48.9 Å². The van der Waals surface area contributed by atoms with E-state index in [1.165, 1.54) is 22.6 Å². The van der Waals surface area contributed by atoms with Crippen molar-refractivity contribution in [1.29, 1.82) is 0 Å². The number of amides is 2. The fraction of sp³-hybridized carbons (Fsp3) is 0.529. The van der Waals surface area contributed by atoms with Crippen molar-refractivity contribution in [2.24, 2.45) is 5.92 Å². The molecule has 22 heavy (non-hydrogen) atoms. The molecule has 118 valence electrons. The Balaban J connectivity index is 1.62. The zero-order valence-electron chi connectivity index (χ0n) is 12.8. The first-order valence-electron chi connectivity index (χ1n) is 7.93. The van der Waals surface area contributed by atoms with E-state index in [4.69, 9.17) is 4.74 Å². The smallest absolute Gasteiger partial charge is 0.417 e. The minimum atomic E-state index is -0.526. The van der Waals surface area contributed by atoms with Crippen LogP contribution in [0.25, 0.3) is 0 Å². The number of nitrogens with zero attached hydrogens (tertiary/aromatic N) is 1. The topological polar surface area (TPSA) is 46.6 Å². The highest BCUT2D eigenvalue weighted by Gasteiger charge is 2.33. The van der Waals surface area contributed by atoms with Gasteiger partial charge in [0, 0.05) is 16.2 Å². The van der Waals surface area contributed by atoms with E-state index in [1.54, 1.807) is 0 Å². The van der Waals surface area contributed by atoms with E-state index in [1.807, 2.05) is 36.9 Å². The molecule has 0 unspecified atom stereocenters. The van der Waals surface area contributed by atoms with Crippen molar-refractivity contribution in [2.75, 3.05) is 12.4 Å². The van der Waals surface area contributed by atoms with E-state index in [0.29, 0.717) is 18.7 Å². The maximum Gasteiger partial charge on any atom is 0.417 e. The van der Waals surface area contributed by atoms with Gasteiger partial charge in [0.2, 0.25) is 0 Å². The fourth-order valence-corrected chi connectivity index (χ4v) is 3.57. The molecule has 5 heteroatoms. The van der Waals surface area contributed by atoms with Crippen LogP contribution < -0.4 is 0 Å². The Labute approximate surface area is 135 Å². The molecule has 3 rings (SSSR count). The molecule has 1 aliphatic carbocycles. The lowest BCUT2D eigenvalue weighted by Crippen LogP contribution is -2.31. The van der Waals surface area contributed by atoms with Crippen LogP contribution in [0.3, 0.4) is 0 Å². The SMILES string of the molecule is CCCCOC(=O)N1Cc2cc(SCC3CC3)ccc2C1=O. The van der Waals surface area contributed by atoms with E-state index in [-0.39, 0.29) is 5.91 Å². The van der Waals surface area contributed by atoms with Gasteiger partial charge in [-0.15, -0.1) is 11.8 Å². The third-order valence-electron chi connectivity index (χ3n) is 4.01. The van der Waals surface area contributed by atoms with Crippen LogP contribution in [0.2, 0.25) is 0 Å². The summed E-state index contributed by atoms with van der Waals surface area (Å²) in [5.74, 6) is 1.77. The van der Waals surface area contributed by atoms with Gasteiger partial charge >= 0.3 is 6.09 Å². The summed E-state index contributed by atoms with van der Waals surface area (Å²) in [6.45, 7) is 2.74. The second kappa shape index (κ2) is 6.73. The number of carbonyl (C=O) groups is 2. The molecule has 1 heterocycles. The van der Waals surface area contributed by atoms with Crippen LogP contribution in [0.15, 0.2) is 23.1 Å². The van der Waals surface area contributed by atoms with Crippen molar-refractivity contribution in [3.05, 3.63) is 29.3 Å². The van der Waals surface area contributed by atoms with Crippen molar-refractivity contribution >= 4 is 23.8 Å². The minimum Gasteiger partial charge on any atom is -0.449 e. The summed E-state index contributed by atoms with van der Waals surface area (Å²) in [6, 6.07) is 5.86. The molecular weight excluding hydrogens is 298 g/mol. The van der Waals surface area contributed by atoms with Crippen LogP contribution in [0, 0.1) is 5.92 Å². The van der Waals surface area contributed by atoms with Crippen LogP contribution in [0.1, 0.15) is 48.5 Å². The highest BCUT2D eigenvalue weighted by Crippen LogP contribution is 2.36. The van der Waals surface area contributed by atoms with Crippen molar-refractivity contribution in [1.82, 2.24) is 4.90 Å². The predicted octanol–water partition coefficient (Wildman–Crippen LogP) is 4.08. The zero-order valence-corrected chi connectivity index (χ0v) is 13.7. The average molecular weight is 319 g/mol. The minimum absolute atomic E-state index is 0.241. The van der Waals surface area contributed by atoms with E-state index < -0.39 is 6.09 Å². The molecule has 1 saturated carbocycles. The number of hydrogen-bond acceptors (Lipinski definition) is 4. The number of fused-ring (bicyclic) bond motifs is 1. The van der Waals surface area contributed by atoms with E-state index in [2.05, 4.69) is 0 Å². The Bertz CT molecular complexity index is 583. The first-order chi connectivity index (χ1) is 10.7. The highest BCUT2D eigenvalue weighted by molar-refractivity contribution is 7.99. The standard InChI is InChI=1S/C17H21NO3S/c1-2-3-8-21-17(20)18-10-13-9-14(22-11-12-4-5-12)6-7-15(13)16(18)19/h6-7,9,12H,2-5,8,10-11H2,1H3. The molecule has 1 fully saturated rings. The summed E-state index contributed by atoms with van der Waals surface area (Å²) in [4.78, 5) is 26.6. The van der Waals surface area contributed by atoms with Crippen molar-refractivity contribution in [3.63, 3.8) is 0 Å². The molecule has 0 spiro atoms. The molecule has 0 bridgehead atoms. The number of carbonyl (C=O) groups excluding carboxylic acids is 2. The Morgan fingerprint density at radius 1 is 1.41 bits per heavy atom. The van der Waals surface area contributed by atoms with Crippen LogP contribution in [0.4, 0.5) is 4.79 Å². The molecular formula is C17H21NO3S. The molecule has 0 aromatic heterocycles. The number of unbranched alkanes of at least 4 members (excludes halogenated alkanes) is 1. The zero-order chi connectivity index (χ0) is 15.5. The number of thioether (sulfide) groups is 1. The summed E-state index contributed by atoms with van der Waals surface area (Å²) >= 11 is 1.84. The monoisotopic (exact) mass is 319 g/mol. The normalized spacial score (nSPS) is 16.8. The molecule has 0 atom stereocenters. The van der Waals surface area contributed by atoms with E-state index >= 15 is 0 Å². The maximum absolute atomic E-state index is 12.3. The van der Waals surface area contributed by atoms with Crippen LogP contribution >= 0.6 is 11.8 Å². The van der Waals surface area contributed by atoms with Gasteiger partial charge < -0.3 is 4.74 Å². The Morgan fingerprint density at radius 2 is 2.23 bits per heavy atom. The summed E-state index contributed by atoms with van der Waals surface area (Å²) in [6.07, 6.45) is 3.94. The average Bonchev–Trinajstić information content (AvgIpc) is 3.29. The molecule has 0 saturated heterocycles. The first kappa shape index (κ1) is 15.4. The maximum atomic E-state index is 12.3. The van der Waals surface area contributed by atoms with Crippen molar-refractivity contribution in [3.8, 4) is 0 Å². The van der Waals surface area contributed by atoms with Gasteiger partial charge in [-0.2, -0.15) is 0 Å². The number of imide groups is 1. The Kier molecular flexibility index (Phi) is 4.71. The number of hydrogen-bond donors (Lipinski definition) is 0. The number of benzene rings is 1. The molecule has 1 aliphatic heterocycles. The quantitative estimate of drug-likeness (QED) is 0.585. The molecule has 1 aromatic carbocycles. The second-order valence-electron chi connectivity index (χ2n) is 5.93.